The Balaban J connectivity index is 3.40. The molecule has 0 spiro atoms. The first-order chi connectivity index (χ1) is 4.54. The molecular formula is C6H11FO2S. The summed E-state index contributed by atoms with van der Waals surface area (Å²) in [4.78, 5) is 9.92. The van der Waals surface area contributed by atoms with Gasteiger partial charge in [0.2, 0.25) is 5.50 Å². The van der Waals surface area contributed by atoms with E-state index in [0.29, 0.717) is 11.7 Å². The fraction of sp³-hybridized carbons (Fsp3) is 0.833. The highest BCUT2D eigenvalue weighted by Gasteiger charge is 2.15. The van der Waals surface area contributed by atoms with Gasteiger partial charge in [0.15, 0.2) is 0 Å². The molecule has 4 heteroatoms. The molecule has 2 nitrogen and oxygen atoms in total. The van der Waals surface area contributed by atoms with E-state index in [0.717, 1.165) is 11.8 Å². The molecule has 0 aliphatic carbocycles. The average molecular weight is 166 g/mol. The number of aliphatic carboxylic acids is 1. The monoisotopic (exact) mass is 166 g/mol. The van der Waals surface area contributed by atoms with Crippen molar-refractivity contribution in [3.63, 3.8) is 0 Å². The quantitative estimate of drug-likeness (QED) is 0.691. The first-order valence-corrected chi connectivity index (χ1v) is 4.07. The highest BCUT2D eigenvalue weighted by Crippen LogP contribution is 2.15. The van der Waals surface area contributed by atoms with Gasteiger partial charge in [-0.15, -0.1) is 11.8 Å². The summed E-state index contributed by atoms with van der Waals surface area (Å²) >= 11 is 0.826. The molecule has 0 heterocycles. The van der Waals surface area contributed by atoms with Crippen LogP contribution in [-0.2, 0) is 4.79 Å². The minimum absolute atomic E-state index is 0.336. The average Bonchev–Trinajstić information content (AvgIpc) is 1.82. The lowest BCUT2D eigenvalue weighted by atomic mass is 10.3. The van der Waals surface area contributed by atoms with Crippen LogP contribution >= 0.6 is 11.8 Å². The Bertz CT molecular complexity index is 116. The van der Waals surface area contributed by atoms with Crippen molar-refractivity contribution in [3.05, 3.63) is 0 Å². The largest absolute Gasteiger partial charge is 0.478 e. The number of hydrogen-bond acceptors (Lipinski definition) is 2. The Labute approximate surface area is 63.8 Å². The molecular weight excluding hydrogens is 155 g/mol. The fourth-order valence-corrected chi connectivity index (χ4v) is 1.04. The summed E-state index contributed by atoms with van der Waals surface area (Å²) in [5, 5.41) is 8.10. The maximum atomic E-state index is 12.2. The van der Waals surface area contributed by atoms with Crippen molar-refractivity contribution in [1.82, 2.24) is 0 Å². The zero-order chi connectivity index (χ0) is 8.15. The minimum atomic E-state index is -1.76. The Morgan fingerprint density at radius 2 is 2.20 bits per heavy atom. The van der Waals surface area contributed by atoms with E-state index in [1.54, 1.807) is 0 Å². The first kappa shape index (κ1) is 9.75. The number of hydrogen-bond donors (Lipinski definition) is 1. The van der Waals surface area contributed by atoms with Crippen LogP contribution in [0.1, 0.15) is 13.8 Å². The van der Waals surface area contributed by atoms with Crippen molar-refractivity contribution in [2.45, 2.75) is 19.4 Å². The molecule has 0 saturated heterocycles. The molecule has 0 aromatic rings. The summed E-state index contributed by atoms with van der Waals surface area (Å²) in [5.41, 5.74) is -1.76. The second-order valence-electron chi connectivity index (χ2n) is 2.38. The fourth-order valence-electron chi connectivity index (χ4n) is 0.348. The Morgan fingerprint density at radius 3 is 2.50 bits per heavy atom. The van der Waals surface area contributed by atoms with Crippen LogP contribution in [0.15, 0.2) is 0 Å². The van der Waals surface area contributed by atoms with Gasteiger partial charge in [-0.2, -0.15) is 0 Å². The Hall–Kier alpha value is -0.250. The van der Waals surface area contributed by atoms with Crippen molar-refractivity contribution in [2.24, 2.45) is 5.92 Å². The molecule has 1 unspecified atom stereocenters. The summed E-state index contributed by atoms with van der Waals surface area (Å²) in [6.07, 6.45) is 0. The maximum Gasteiger partial charge on any atom is 0.348 e. The van der Waals surface area contributed by atoms with Crippen molar-refractivity contribution >= 4 is 17.7 Å². The molecule has 1 N–H and O–H groups in total. The van der Waals surface area contributed by atoms with Gasteiger partial charge in [-0.1, -0.05) is 13.8 Å². The second kappa shape index (κ2) is 4.55. The lowest BCUT2D eigenvalue weighted by Crippen LogP contribution is -2.11. The van der Waals surface area contributed by atoms with Crippen LogP contribution in [0.3, 0.4) is 0 Å². The van der Waals surface area contributed by atoms with Crippen LogP contribution in [0.25, 0.3) is 0 Å². The van der Waals surface area contributed by atoms with E-state index in [1.807, 2.05) is 13.8 Å². The van der Waals surface area contributed by atoms with Crippen LogP contribution in [-0.4, -0.2) is 22.3 Å². The molecule has 0 aromatic carbocycles. The standard InChI is InChI=1S/C6H11FO2S/c1-4(2)3-10-5(7)6(8)9/h4-5H,3H2,1-2H3,(H,8,9). The van der Waals surface area contributed by atoms with E-state index >= 15 is 0 Å². The van der Waals surface area contributed by atoms with Crippen molar-refractivity contribution in [2.75, 3.05) is 5.75 Å². The van der Waals surface area contributed by atoms with Gasteiger partial charge < -0.3 is 5.11 Å². The van der Waals surface area contributed by atoms with E-state index < -0.39 is 11.5 Å². The number of alkyl halides is 1. The second-order valence-corrected chi connectivity index (χ2v) is 3.46. The molecule has 0 bridgehead atoms. The van der Waals surface area contributed by atoms with Crippen molar-refractivity contribution in [1.29, 1.82) is 0 Å². The molecule has 60 valence electrons. The molecule has 0 aliphatic rings. The van der Waals surface area contributed by atoms with Crippen LogP contribution in [0, 0.1) is 5.92 Å². The van der Waals surface area contributed by atoms with E-state index in [4.69, 9.17) is 5.11 Å². The molecule has 0 amide bonds. The number of carbonyl (C=O) groups is 1. The van der Waals surface area contributed by atoms with Gasteiger partial charge >= 0.3 is 5.97 Å². The van der Waals surface area contributed by atoms with Gasteiger partial charge in [-0.05, 0) is 11.7 Å². The minimum Gasteiger partial charge on any atom is -0.478 e. The van der Waals surface area contributed by atoms with E-state index in [2.05, 4.69) is 0 Å². The number of carboxylic acid groups (broad SMARTS) is 1. The first-order valence-electron chi connectivity index (χ1n) is 3.02. The SMILES string of the molecule is CC(C)CSC(F)C(=O)O. The molecule has 0 aliphatic heterocycles. The summed E-state index contributed by atoms with van der Waals surface area (Å²) in [5.74, 6) is -0.499. The molecule has 0 aromatic heterocycles. The van der Waals surface area contributed by atoms with Crippen molar-refractivity contribution < 1.29 is 14.3 Å². The Kier molecular flexibility index (Phi) is 4.43. The summed E-state index contributed by atoms with van der Waals surface area (Å²) in [6.45, 7) is 3.84. The molecule has 0 rings (SSSR count). The smallest absolute Gasteiger partial charge is 0.348 e. The summed E-state index contributed by atoms with van der Waals surface area (Å²) in [6, 6.07) is 0. The molecule has 0 fully saturated rings. The van der Waals surface area contributed by atoms with E-state index in [9.17, 15) is 9.18 Å². The van der Waals surface area contributed by atoms with Crippen molar-refractivity contribution in [3.8, 4) is 0 Å². The zero-order valence-corrected chi connectivity index (χ0v) is 6.82. The third-order valence-corrected chi connectivity index (χ3v) is 2.12. The van der Waals surface area contributed by atoms with E-state index in [-0.39, 0.29) is 0 Å². The van der Waals surface area contributed by atoms with Crippen LogP contribution in [0.4, 0.5) is 4.39 Å². The van der Waals surface area contributed by atoms with Gasteiger partial charge in [0.25, 0.3) is 0 Å². The number of halogens is 1. The highest BCUT2D eigenvalue weighted by molar-refractivity contribution is 8.00. The van der Waals surface area contributed by atoms with Crippen LogP contribution in [0.5, 0.6) is 0 Å². The third-order valence-electron chi connectivity index (χ3n) is 0.770. The van der Waals surface area contributed by atoms with E-state index in [1.165, 1.54) is 0 Å². The zero-order valence-electron chi connectivity index (χ0n) is 6.00. The molecule has 0 saturated carbocycles. The number of thioether (sulfide) groups is 1. The van der Waals surface area contributed by atoms with Gasteiger partial charge in [0, 0.05) is 0 Å². The molecule has 10 heavy (non-hydrogen) atoms. The van der Waals surface area contributed by atoms with Gasteiger partial charge in [-0.25, -0.2) is 9.18 Å². The topological polar surface area (TPSA) is 37.3 Å². The predicted octanol–water partition coefficient (Wildman–Crippen LogP) is 1.76. The third kappa shape index (κ3) is 4.61. The van der Waals surface area contributed by atoms with Gasteiger partial charge in [-0.3, -0.25) is 0 Å². The molecule has 0 radical (unpaired) electrons. The van der Waals surface area contributed by atoms with Crippen LogP contribution < -0.4 is 0 Å². The summed E-state index contributed by atoms with van der Waals surface area (Å²) in [7, 11) is 0. The number of rotatable bonds is 4. The lowest BCUT2D eigenvalue weighted by Gasteiger charge is -2.04. The van der Waals surface area contributed by atoms with Crippen LogP contribution in [0.2, 0.25) is 0 Å². The number of carboxylic acids is 1. The lowest BCUT2D eigenvalue weighted by molar-refractivity contribution is -0.139. The van der Waals surface area contributed by atoms with Gasteiger partial charge in [0.1, 0.15) is 0 Å². The molecule has 1 atom stereocenters. The predicted molar refractivity (Wildman–Crippen MR) is 39.8 cm³/mol. The van der Waals surface area contributed by atoms with Gasteiger partial charge in [0.05, 0.1) is 0 Å². The Morgan fingerprint density at radius 1 is 1.70 bits per heavy atom. The highest BCUT2D eigenvalue weighted by atomic mass is 32.2. The summed E-state index contributed by atoms with van der Waals surface area (Å²) < 4.78 is 12.2. The maximum absolute atomic E-state index is 12.2. The normalized spacial score (nSPS) is 13.6.